The van der Waals surface area contributed by atoms with Crippen LogP contribution in [-0.2, 0) is 21.4 Å². The summed E-state index contributed by atoms with van der Waals surface area (Å²) in [5.74, 6) is 1.50. The molecule has 2 fully saturated rings. The van der Waals surface area contributed by atoms with Gasteiger partial charge in [-0.3, -0.25) is 4.79 Å². The number of aryl methyl sites for hydroxylation is 1. The second-order valence-electron chi connectivity index (χ2n) is 10.2. The predicted octanol–water partition coefficient (Wildman–Crippen LogP) is 4.65. The molecule has 1 saturated heterocycles. The van der Waals surface area contributed by atoms with E-state index in [0.717, 1.165) is 50.8 Å². The number of hydrogen-bond acceptors (Lipinski definition) is 3. The van der Waals surface area contributed by atoms with E-state index in [2.05, 4.69) is 44.7 Å². The molecule has 160 valence electrons. The Morgan fingerprint density at radius 2 is 1.79 bits per heavy atom. The summed E-state index contributed by atoms with van der Waals surface area (Å²) < 4.78 is 11.1. The molecule has 1 saturated carbocycles. The maximum atomic E-state index is 13.6. The van der Waals surface area contributed by atoms with Crippen LogP contribution in [0.3, 0.4) is 0 Å². The smallest absolute Gasteiger partial charge is 0.225 e. The first-order chi connectivity index (χ1) is 13.7. The lowest BCUT2D eigenvalue weighted by Crippen LogP contribution is -2.65. The van der Waals surface area contributed by atoms with Crippen LogP contribution in [0.25, 0.3) is 0 Å². The monoisotopic (exact) mass is 399 g/mol. The zero-order chi connectivity index (χ0) is 21.0. The van der Waals surface area contributed by atoms with Crippen molar-refractivity contribution in [2.45, 2.75) is 83.8 Å². The predicted molar refractivity (Wildman–Crippen MR) is 115 cm³/mol. The first-order valence-corrected chi connectivity index (χ1v) is 11.2. The van der Waals surface area contributed by atoms with Crippen molar-refractivity contribution in [1.82, 2.24) is 4.90 Å². The van der Waals surface area contributed by atoms with Gasteiger partial charge in [-0.15, -0.1) is 0 Å². The van der Waals surface area contributed by atoms with Gasteiger partial charge in [0.05, 0.1) is 13.2 Å². The number of carbonyl (C=O) groups is 1. The van der Waals surface area contributed by atoms with Crippen LogP contribution in [0.15, 0.2) is 12.1 Å². The molecule has 29 heavy (non-hydrogen) atoms. The number of methoxy groups -OCH3 is 2. The van der Waals surface area contributed by atoms with E-state index >= 15 is 0 Å². The third-order valence-corrected chi connectivity index (χ3v) is 8.75. The van der Waals surface area contributed by atoms with Crippen molar-refractivity contribution >= 4 is 5.91 Å². The highest BCUT2D eigenvalue weighted by Gasteiger charge is 2.57. The average Bonchev–Trinajstić information content (AvgIpc) is 2.71. The molecule has 0 radical (unpaired) electrons. The molecule has 2 aliphatic carbocycles. The normalized spacial score (nSPS) is 33.2. The topological polar surface area (TPSA) is 38.8 Å². The van der Waals surface area contributed by atoms with Crippen molar-refractivity contribution in [3.8, 4) is 5.75 Å². The van der Waals surface area contributed by atoms with Gasteiger partial charge in [-0.05, 0) is 73.6 Å². The first-order valence-electron chi connectivity index (χ1n) is 11.2. The van der Waals surface area contributed by atoms with Crippen LogP contribution in [0.1, 0.15) is 69.6 Å². The number of carbonyl (C=O) groups excluding carboxylic acids is 1. The third kappa shape index (κ3) is 3.10. The van der Waals surface area contributed by atoms with Gasteiger partial charge >= 0.3 is 0 Å². The zero-order valence-electron chi connectivity index (χ0n) is 19.0. The van der Waals surface area contributed by atoms with E-state index in [1.807, 2.05) is 0 Å². The van der Waals surface area contributed by atoms with Crippen LogP contribution in [-0.4, -0.2) is 43.7 Å². The van der Waals surface area contributed by atoms with Crippen molar-refractivity contribution in [2.24, 2.45) is 11.3 Å². The summed E-state index contributed by atoms with van der Waals surface area (Å²) in [5, 5.41) is 0. The molecule has 1 aromatic rings. The summed E-state index contributed by atoms with van der Waals surface area (Å²) in [4.78, 5) is 15.8. The molecule has 0 N–H and O–H groups in total. The molecule has 3 aliphatic rings. The fraction of sp³-hybridized carbons (Fsp3) is 0.720. The Morgan fingerprint density at radius 3 is 2.41 bits per heavy atom. The Labute approximate surface area is 175 Å². The lowest BCUT2D eigenvalue weighted by Gasteiger charge is -2.61. The average molecular weight is 400 g/mol. The Kier molecular flexibility index (Phi) is 5.21. The number of nitrogens with zero attached hydrogens (tertiary/aromatic N) is 1. The van der Waals surface area contributed by atoms with Gasteiger partial charge in [0.25, 0.3) is 0 Å². The van der Waals surface area contributed by atoms with Crippen LogP contribution in [0.5, 0.6) is 5.75 Å². The van der Waals surface area contributed by atoms with Crippen LogP contribution in [0.2, 0.25) is 0 Å². The van der Waals surface area contributed by atoms with Gasteiger partial charge in [-0.1, -0.05) is 26.8 Å². The molecule has 1 heterocycles. The summed E-state index contributed by atoms with van der Waals surface area (Å²) in [6, 6.07) is 4.81. The van der Waals surface area contributed by atoms with E-state index in [9.17, 15) is 4.79 Å². The van der Waals surface area contributed by atoms with Crippen LogP contribution < -0.4 is 4.74 Å². The second-order valence-corrected chi connectivity index (χ2v) is 10.2. The van der Waals surface area contributed by atoms with E-state index in [0.29, 0.717) is 12.0 Å². The van der Waals surface area contributed by atoms with Gasteiger partial charge in [0.2, 0.25) is 5.91 Å². The minimum absolute atomic E-state index is 0.0403. The van der Waals surface area contributed by atoms with Gasteiger partial charge in [-0.2, -0.15) is 0 Å². The van der Waals surface area contributed by atoms with Crippen molar-refractivity contribution in [1.29, 1.82) is 0 Å². The van der Waals surface area contributed by atoms with E-state index in [4.69, 9.17) is 9.47 Å². The third-order valence-electron chi connectivity index (χ3n) is 8.75. The van der Waals surface area contributed by atoms with Gasteiger partial charge in [-0.25, -0.2) is 0 Å². The van der Waals surface area contributed by atoms with E-state index in [1.165, 1.54) is 16.7 Å². The lowest BCUT2D eigenvalue weighted by molar-refractivity contribution is -0.150. The fourth-order valence-corrected chi connectivity index (χ4v) is 6.31. The van der Waals surface area contributed by atoms with E-state index < -0.39 is 0 Å². The van der Waals surface area contributed by atoms with Gasteiger partial charge in [0.15, 0.2) is 0 Å². The van der Waals surface area contributed by atoms with Crippen LogP contribution in [0.4, 0.5) is 0 Å². The SMILES string of the molecule is COc1cc2c(cc1C)[C@@]1(C)CCN(C(=O)C3CCC(OC)CC3)[C@H](C2)C1(C)C. The maximum absolute atomic E-state index is 13.6. The molecule has 0 spiro atoms. The van der Waals surface area contributed by atoms with Gasteiger partial charge < -0.3 is 14.4 Å². The molecular formula is C25H37NO3. The molecule has 1 aromatic carbocycles. The number of fused-ring (bicyclic) bond motifs is 4. The summed E-state index contributed by atoms with van der Waals surface area (Å²) in [6.07, 6.45) is 6.21. The Hall–Kier alpha value is -1.55. The molecule has 4 nitrogen and oxygen atoms in total. The van der Waals surface area contributed by atoms with Crippen molar-refractivity contribution in [3.63, 3.8) is 0 Å². The molecular weight excluding hydrogens is 362 g/mol. The summed E-state index contributed by atoms with van der Waals surface area (Å²) in [5.41, 5.74) is 4.14. The Morgan fingerprint density at radius 1 is 1.10 bits per heavy atom. The van der Waals surface area contributed by atoms with Gasteiger partial charge in [0.1, 0.15) is 5.75 Å². The highest BCUT2D eigenvalue weighted by Crippen LogP contribution is 2.57. The maximum Gasteiger partial charge on any atom is 0.225 e. The largest absolute Gasteiger partial charge is 0.496 e. The Bertz CT molecular complexity index is 794. The molecule has 1 amide bonds. The second kappa shape index (κ2) is 7.30. The number of hydrogen-bond donors (Lipinski definition) is 0. The highest BCUT2D eigenvalue weighted by atomic mass is 16.5. The standard InChI is InChI=1S/C25H37NO3/c1-16-13-20-18(14-21(16)29-6)15-22-24(2,3)25(20,4)11-12-26(22)23(27)17-7-9-19(28-5)10-8-17/h13-14,17,19,22H,7-12,15H2,1-6H3/t17?,19?,22-,25-/m1/s1. The van der Waals surface area contributed by atoms with E-state index in [1.54, 1.807) is 14.2 Å². The summed E-state index contributed by atoms with van der Waals surface area (Å²) in [6.45, 7) is 10.2. The number of piperidine rings is 1. The minimum Gasteiger partial charge on any atom is -0.496 e. The number of likely N-dealkylation sites (tertiary alicyclic amines) is 1. The fourth-order valence-electron chi connectivity index (χ4n) is 6.31. The quantitative estimate of drug-likeness (QED) is 0.743. The molecule has 2 bridgehead atoms. The van der Waals surface area contributed by atoms with E-state index in [-0.39, 0.29) is 22.8 Å². The van der Waals surface area contributed by atoms with Crippen molar-refractivity contribution in [3.05, 3.63) is 28.8 Å². The first kappa shape index (κ1) is 20.7. The lowest BCUT2D eigenvalue weighted by atomic mass is 9.50. The number of ether oxygens (including phenoxy) is 2. The molecule has 0 aromatic heterocycles. The molecule has 1 aliphatic heterocycles. The molecule has 4 heteroatoms. The molecule has 2 atom stereocenters. The van der Waals surface area contributed by atoms with Crippen LogP contribution >= 0.6 is 0 Å². The minimum atomic E-state index is 0.0403. The van der Waals surface area contributed by atoms with Crippen molar-refractivity contribution < 1.29 is 14.3 Å². The Balaban J connectivity index is 1.65. The highest BCUT2D eigenvalue weighted by molar-refractivity contribution is 5.80. The number of rotatable bonds is 3. The molecule has 0 unspecified atom stereocenters. The van der Waals surface area contributed by atoms with Gasteiger partial charge in [0, 0.05) is 31.0 Å². The summed E-state index contributed by atoms with van der Waals surface area (Å²) >= 11 is 0. The molecule has 4 rings (SSSR count). The number of benzene rings is 1. The van der Waals surface area contributed by atoms with Crippen molar-refractivity contribution in [2.75, 3.05) is 20.8 Å². The zero-order valence-corrected chi connectivity index (χ0v) is 19.0. The van der Waals surface area contributed by atoms with Crippen LogP contribution in [0, 0.1) is 18.3 Å². The summed E-state index contributed by atoms with van der Waals surface area (Å²) in [7, 11) is 3.53. The number of amides is 1.